The molecule has 1 N–H and O–H groups in total. The molecule has 3 aromatic carbocycles. The molecule has 0 spiro atoms. The normalized spacial score (nSPS) is 10.2. The molecule has 1 amide bonds. The van der Waals surface area contributed by atoms with Gasteiger partial charge in [-0.2, -0.15) is 0 Å². The van der Waals surface area contributed by atoms with Crippen LogP contribution in [0, 0.1) is 17.0 Å². The second kappa shape index (κ2) is 8.79. The number of para-hydroxylation sites is 2. The zero-order valence-corrected chi connectivity index (χ0v) is 15.6. The summed E-state index contributed by atoms with van der Waals surface area (Å²) in [5.41, 5.74) is 1.43. The summed E-state index contributed by atoms with van der Waals surface area (Å²) < 4.78 is 5.56. The third kappa shape index (κ3) is 4.84. The number of nitro benzene ring substituents is 1. The zero-order valence-electron chi connectivity index (χ0n) is 15.6. The van der Waals surface area contributed by atoms with Gasteiger partial charge in [-0.05, 0) is 31.2 Å². The smallest absolute Gasteiger partial charge is 0.273 e. The second-order valence-electron chi connectivity index (χ2n) is 6.29. The van der Waals surface area contributed by atoms with E-state index >= 15 is 0 Å². The fourth-order valence-corrected chi connectivity index (χ4v) is 2.71. The first-order chi connectivity index (χ1) is 14.0. The Hall–Kier alpha value is -4.00. The first-order valence-electron chi connectivity index (χ1n) is 8.82. The summed E-state index contributed by atoms with van der Waals surface area (Å²) in [6, 6.07) is 19.8. The van der Waals surface area contributed by atoms with Crippen LogP contribution in [-0.2, 0) is 0 Å². The van der Waals surface area contributed by atoms with E-state index in [9.17, 15) is 19.7 Å². The zero-order chi connectivity index (χ0) is 20.8. The Bertz CT molecular complexity index is 1060. The number of rotatable bonds is 7. The number of Topliss-reactive ketones (excluding diaryl/α,β-unsaturated/α-hetero) is 1. The van der Waals surface area contributed by atoms with Crippen LogP contribution in [0.3, 0.4) is 0 Å². The molecule has 0 aromatic heterocycles. The molecule has 29 heavy (non-hydrogen) atoms. The van der Waals surface area contributed by atoms with E-state index in [1.54, 1.807) is 55.5 Å². The fraction of sp³-hybridized carbons (Fsp3) is 0.0909. The van der Waals surface area contributed by atoms with Gasteiger partial charge in [-0.1, -0.05) is 42.5 Å². The number of hydrogen-bond donors (Lipinski definition) is 1. The number of nitrogens with zero attached hydrogens (tertiary/aromatic N) is 1. The van der Waals surface area contributed by atoms with Gasteiger partial charge in [0, 0.05) is 22.9 Å². The number of ketones is 1. The summed E-state index contributed by atoms with van der Waals surface area (Å²) in [6.07, 6.45) is 0. The molecule has 3 rings (SSSR count). The Kier molecular flexibility index (Phi) is 5.99. The lowest BCUT2D eigenvalue weighted by molar-refractivity contribution is -0.385. The number of amides is 1. The third-order valence-corrected chi connectivity index (χ3v) is 4.25. The molecule has 0 radical (unpaired) electrons. The lowest BCUT2D eigenvalue weighted by Gasteiger charge is -2.11. The molecule has 3 aromatic rings. The molecule has 146 valence electrons. The van der Waals surface area contributed by atoms with Crippen molar-refractivity contribution in [2.45, 2.75) is 6.92 Å². The van der Waals surface area contributed by atoms with Crippen molar-refractivity contribution in [2.24, 2.45) is 0 Å². The number of aryl methyl sites for hydroxylation is 1. The molecular formula is C22H18N2O5. The van der Waals surface area contributed by atoms with Gasteiger partial charge in [0.2, 0.25) is 0 Å². The van der Waals surface area contributed by atoms with Crippen LogP contribution in [0.15, 0.2) is 72.8 Å². The van der Waals surface area contributed by atoms with E-state index in [2.05, 4.69) is 5.32 Å². The van der Waals surface area contributed by atoms with E-state index in [4.69, 9.17) is 4.74 Å². The van der Waals surface area contributed by atoms with Gasteiger partial charge in [0.05, 0.1) is 10.5 Å². The van der Waals surface area contributed by atoms with Gasteiger partial charge in [0.25, 0.3) is 11.6 Å². The Morgan fingerprint density at radius 1 is 1.00 bits per heavy atom. The number of anilines is 1. The van der Waals surface area contributed by atoms with Gasteiger partial charge >= 0.3 is 0 Å². The third-order valence-electron chi connectivity index (χ3n) is 4.25. The molecule has 0 heterocycles. The summed E-state index contributed by atoms with van der Waals surface area (Å²) in [5.74, 6) is -0.549. The molecule has 0 fully saturated rings. The molecule has 0 aliphatic heterocycles. The van der Waals surface area contributed by atoms with Gasteiger partial charge in [-0.3, -0.25) is 19.7 Å². The number of carbonyl (C=O) groups is 2. The number of carbonyl (C=O) groups excluding carboxylic acids is 2. The van der Waals surface area contributed by atoms with E-state index < -0.39 is 10.7 Å². The van der Waals surface area contributed by atoms with Crippen molar-refractivity contribution >= 4 is 23.1 Å². The highest BCUT2D eigenvalue weighted by atomic mass is 16.6. The minimum absolute atomic E-state index is 0.126. The predicted molar refractivity (Wildman–Crippen MR) is 108 cm³/mol. The number of nitro groups is 1. The lowest BCUT2D eigenvalue weighted by Crippen LogP contribution is -2.16. The van der Waals surface area contributed by atoms with E-state index in [1.165, 1.54) is 18.2 Å². The van der Waals surface area contributed by atoms with Crippen molar-refractivity contribution in [3.05, 3.63) is 99.6 Å². The highest BCUT2D eigenvalue weighted by Crippen LogP contribution is 2.22. The Labute approximate surface area is 167 Å². The van der Waals surface area contributed by atoms with Gasteiger partial charge in [-0.15, -0.1) is 0 Å². The average molecular weight is 390 g/mol. The average Bonchev–Trinajstić information content (AvgIpc) is 2.73. The quantitative estimate of drug-likeness (QED) is 0.366. The first kappa shape index (κ1) is 19.8. The molecule has 7 heteroatoms. The van der Waals surface area contributed by atoms with Crippen LogP contribution in [0.25, 0.3) is 0 Å². The van der Waals surface area contributed by atoms with Crippen LogP contribution < -0.4 is 10.1 Å². The molecule has 0 bridgehead atoms. The van der Waals surface area contributed by atoms with E-state index in [-0.39, 0.29) is 35.1 Å². The molecule has 0 unspecified atom stereocenters. The van der Waals surface area contributed by atoms with Crippen molar-refractivity contribution in [3.8, 4) is 5.75 Å². The SMILES string of the molecule is Cc1ccc(C(=O)COc2ccccc2C(=O)Nc2ccccc2)cc1[N+](=O)[O-]. The highest BCUT2D eigenvalue weighted by Gasteiger charge is 2.17. The number of hydrogen-bond acceptors (Lipinski definition) is 5. The van der Waals surface area contributed by atoms with Gasteiger partial charge < -0.3 is 10.1 Å². The molecule has 0 atom stereocenters. The molecule has 0 aliphatic rings. The first-order valence-corrected chi connectivity index (χ1v) is 8.82. The van der Waals surface area contributed by atoms with Crippen LogP contribution in [0.5, 0.6) is 5.75 Å². The van der Waals surface area contributed by atoms with E-state index in [0.717, 1.165) is 0 Å². The Morgan fingerprint density at radius 3 is 2.41 bits per heavy atom. The maximum atomic E-state index is 12.6. The lowest BCUT2D eigenvalue weighted by atomic mass is 10.1. The van der Waals surface area contributed by atoms with Crippen LogP contribution in [0.1, 0.15) is 26.3 Å². The number of nitrogens with one attached hydrogen (secondary N) is 1. The van der Waals surface area contributed by atoms with Crippen LogP contribution in [0.2, 0.25) is 0 Å². The van der Waals surface area contributed by atoms with Crippen molar-refractivity contribution < 1.29 is 19.2 Å². The van der Waals surface area contributed by atoms with Gasteiger partial charge in [0.1, 0.15) is 5.75 Å². The van der Waals surface area contributed by atoms with E-state index in [1.807, 2.05) is 6.07 Å². The Morgan fingerprint density at radius 2 is 1.69 bits per heavy atom. The molecular weight excluding hydrogens is 372 g/mol. The molecule has 0 saturated carbocycles. The fourth-order valence-electron chi connectivity index (χ4n) is 2.71. The van der Waals surface area contributed by atoms with Gasteiger partial charge in [0.15, 0.2) is 12.4 Å². The van der Waals surface area contributed by atoms with Crippen LogP contribution in [0.4, 0.5) is 11.4 Å². The summed E-state index contributed by atoms with van der Waals surface area (Å²) >= 11 is 0. The molecule has 7 nitrogen and oxygen atoms in total. The summed E-state index contributed by atoms with van der Waals surface area (Å²) in [5, 5.41) is 13.8. The van der Waals surface area contributed by atoms with Crippen LogP contribution in [-0.4, -0.2) is 23.2 Å². The van der Waals surface area contributed by atoms with Crippen molar-refractivity contribution in [2.75, 3.05) is 11.9 Å². The maximum absolute atomic E-state index is 12.6. The predicted octanol–water partition coefficient (Wildman–Crippen LogP) is 4.42. The van der Waals surface area contributed by atoms with Crippen LogP contribution >= 0.6 is 0 Å². The Balaban J connectivity index is 1.73. The van der Waals surface area contributed by atoms with Crippen molar-refractivity contribution in [1.29, 1.82) is 0 Å². The van der Waals surface area contributed by atoms with Gasteiger partial charge in [-0.25, -0.2) is 0 Å². The van der Waals surface area contributed by atoms with Crippen molar-refractivity contribution in [3.63, 3.8) is 0 Å². The minimum atomic E-state index is -0.532. The standard InChI is InChI=1S/C22H18N2O5/c1-15-11-12-16(13-19(15)24(27)28)20(25)14-29-21-10-6-5-9-18(21)22(26)23-17-7-3-2-4-8-17/h2-13H,14H2,1H3,(H,23,26). The maximum Gasteiger partial charge on any atom is 0.273 e. The largest absolute Gasteiger partial charge is 0.485 e. The summed E-state index contributed by atoms with van der Waals surface area (Å²) in [7, 11) is 0. The van der Waals surface area contributed by atoms with E-state index in [0.29, 0.717) is 11.3 Å². The topological polar surface area (TPSA) is 98.5 Å². The monoisotopic (exact) mass is 390 g/mol. The molecule has 0 aliphatic carbocycles. The number of benzene rings is 3. The summed E-state index contributed by atoms with van der Waals surface area (Å²) in [4.78, 5) is 35.5. The minimum Gasteiger partial charge on any atom is -0.485 e. The highest BCUT2D eigenvalue weighted by molar-refractivity contribution is 6.06. The van der Waals surface area contributed by atoms with Crippen molar-refractivity contribution in [1.82, 2.24) is 0 Å². The summed E-state index contributed by atoms with van der Waals surface area (Å²) in [6.45, 7) is 1.25. The number of ether oxygens (including phenoxy) is 1. The molecule has 0 saturated heterocycles. The second-order valence-corrected chi connectivity index (χ2v) is 6.29.